The summed E-state index contributed by atoms with van der Waals surface area (Å²) in [5.41, 5.74) is 6.56. The highest BCUT2D eigenvalue weighted by atomic mass is 32.2. The molecule has 1 aromatic carbocycles. The number of anilines is 4. The van der Waals surface area contributed by atoms with Crippen molar-refractivity contribution in [3.63, 3.8) is 0 Å². The van der Waals surface area contributed by atoms with E-state index in [1.165, 1.54) is 23.9 Å². The zero-order valence-electron chi connectivity index (χ0n) is 19.3. The molecule has 1 saturated heterocycles. The first-order chi connectivity index (χ1) is 17.0. The molecule has 0 unspecified atom stereocenters. The summed E-state index contributed by atoms with van der Waals surface area (Å²) in [5, 5.41) is 12.7. The minimum absolute atomic E-state index is 0.0976. The van der Waals surface area contributed by atoms with E-state index >= 15 is 0 Å². The number of nitrogens with one attached hydrogen (secondary N) is 1. The number of hydrogen-bond acceptors (Lipinski definition) is 10. The first-order valence-electron chi connectivity index (χ1n) is 11.4. The van der Waals surface area contributed by atoms with Crippen molar-refractivity contribution in [2.75, 3.05) is 29.0 Å². The number of hydrogen-bond donors (Lipinski definition) is 2. The van der Waals surface area contributed by atoms with Crippen LogP contribution in [0.25, 0.3) is 0 Å². The molecule has 0 amide bonds. The van der Waals surface area contributed by atoms with Gasteiger partial charge in [0.05, 0.1) is 18.6 Å². The van der Waals surface area contributed by atoms with Crippen LogP contribution in [-0.2, 0) is 12.3 Å². The number of furan rings is 1. The predicted molar refractivity (Wildman–Crippen MR) is 132 cm³/mol. The molecule has 0 radical (unpaired) electrons. The van der Waals surface area contributed by atoms with Crippen LogP contribution >= 0.6 is 11.8 Å². The summed E-state index contributed by atoms with van der Waals surface area (Å²) in [6.45, 7) is 4.71. The normalized spacial score (nSPS) is 14.4. The SMILES string of the molecule is CC1CCN(c2nnc(SCc3nc(N)nc(Nc4ccc(F)cc4)n3)n2Cc2ccco2)CC1. The lowest BCUT2D eigenvalue weighted by Crippen LogP contribution is -2.35. The monoisotopic (exact) mass is 495 g/mol. The molecule has 1 aliphatic heterocycles. The maximum Gasteiger partial charge on any atom is 0.232 e. The lowest BCUT2D eigenvalue weighted by atomic mass is 10.00. The fourth-order valence-electron chi connectivity index (χ4n) is 3.88. The van der Waals surface area contributed by atoms with Gasteiger partial charge in [0.25, 0.3) is 0 Å². The summed E-state index contributed by atoms with van der Waals surface area (Å²) >= 11 is 1.47. The van der Waals surface area contributed by atoms with Gasteiger partial charge in [0, 0.05) is 18.8 Å². The van der Waals surface area contributed by atoms with Gasteiger partial charge < -0.3 is 20.4 Å². The Morgan fingerprint density at radius 3 is 2.66 bits per heavy atom. The molecule has 1 fully saturated rings. The van der Waals surface area contributed by atoms with Crippen LogP contribution in [-0.4, -0.2) is 42.8 Å². The molecule has 0 bridgehead atoms. The number of nitrogen functional groups attached to an aromatic ring is 1. The fourth-order valence-corrected chi connectivity index (χ4v) is 4.66. The van der Waals surface area contributed by atoms with E-state index in [4.69, 9.17) is 10.2 Å². The Hall–Kier alpha value is -3.67. The van der Waals surface area contributed by atoms with E-state index in [1.807, 2.05) is 12.1 Å². The van der Waals surface area contributed by atoms with Crippen LogP contribution in [0.1, 0.15) is 31.4 Å². The van der Waals surface area contributed by atoms with Gasteiger partial charge in [-0.15, -0.1) is 10.2 Å². The van der Waals surface area contributed by atoms with Crippen molar-refractivity contribution in [1.82, 2.24) is 29.7 Å². The van der Waals surface area contributed by atoms with Crippen LogP contribution < -0.4 is 16.0 Å². The van der Waals surface area contributed by atoms with Crippen molar-refractivity contribution < 1.29 is 8.81 Å². The molecule has 1 aliphatic rings. The number of aromatic nitrogens is 6. The average molecular weight is 496 g/mol. The lowest BCUT2D eigenvalue weighted by molar-refractivity contribution is 0.427. The Bertz CT molecular complexity index is 1250. The van der Waals surface area contributed by atoms with E-state index in [1.54, 1.807) is 18.4 Å². The second-order valence-corrected chi connectivity index (χ2v) is 9.41. The molecule has 4 heterocycles. The number of benzene rings is 1. The van der Waals surface area contributed by atoms with Gasteiger partial charge in [-0.05, 0) is 55.2 Å². The van der Waals surface area contributed by atoms with Crippen molar-refractivity contribution in [3.8, 4) is 0 Å². The minimum atomic E-state index is -0.320. The highest BCUT2D eigenvalue weighted by Crippen LogP contribution is 2.28. The van der Waals surface area contributed by atoms with E-state index in [2.05, 4.69) is 46.9 Å². The van der Waals surface area contributed by atoms with Crippen molar-refractivity contribution in [2.45, 2.75) is 37.2 Å². The molecule has 0 spiro atoms. The molecule has 5 rings (SSSR count). The Balaban J connectivity index is 1.34. The van der Waals surface area contributed by atoms with E-state index < -0.39 is 0 Å². The van der Waals surface area contributed by atoms with Gasteiger partial charge in [-0.3, -0.25) is 4.57 Å². The molecule has 0 aliphatic carbocycles. The zero-order chi connectivity index (χ0) is 24.2. The molecule has 3 N–H and O–H groups in total. The third kappa shape index (κ3) is 5.70. The molecular weight excluding hydrogens is 469 g/mol. The maximum atomic E-state index is 13.2. The number of piperidine rings is 1. The summed E-state index contributed by atoms with van der Waals surface area (Å²) in [6, 6.07) is 9.73. The summed E-state index contributed by atoms with van der Waals surface area (Å²) < 4.78 is 20.9. The predicted octanol–water partition coefficient (Wildman–Crippen LogP) is 4.10. The average Bonchev–Trinajstić information content (AvgIpc) is 3.50. The van der Waals surface area contributed by atoms with Crippen LogP contribution in [0.2, 0.25) is 0 Å². The largest absolute Gasteiger partial charge is 0.467 e. The summed E-state index contributed by atoms with van der Waals surface area (Å²) in [6.07, 6.45) is 3.92. The molecule has 10 nitrogen and oxygen atoms in total. The van der Waals surface area contributed by atoms with E-state index in [0.717, 1.165) is 42.8 Å². The quantitative estimate of drug-likeness (QED) is 0.345. The molecule has 0 atom stereocenters. The molecule has 3 aromatic heterocycles. The molecule has 4 aromatic rings. The highest BCUT2D eigenvalue weighted by molar-refractivity contribution is 7.98. The second-order valence-electron chi connectivity index (χ2n) is 8.47. The summed E-state index contributed by atoms with van der Waals surface area (Å²) in [5.74, 6) is 3.36. The zero-order valence-corrected chi connectivity index (χ0v) is 20.1. The first-order valence-corrected chi connectivity index (χ1v) is 12.4. The van der Waals surface area contributed by atoms with Crippen LogP contribution in [0.3, 0.4) is 0 Å². The van der Waals surface area contributed by atoms with E-state index in [0.29, 0.717) is 35.7 Å². The number of rotatable bonds is 8. The van der Waals surface area contributed by atoms with E-state index in [9.17, 15) is 4.39 Å². The number of nitrogens with zero attached hydrogens (tertiary/aromatic N) is 7. The second kappa shape index (κ2) is 10.3. The van der Waals surface area contributed by atoms with Crippen molar-refractivity contribution in [2.24, 2.45) is 5.92 Å². The van der Waals surface area contributed by atoms with Crippen molar-refractivity contribution in [3.05, 3.63) is 60.1 Å². The maximum absolute atomic E-state index is 13.2. The Morgan fingerprint density at radius 2 is 1.91 bits per heavy atom. The van der Waals surface area contributed by atoms with Crippen LogP contribution in [0.15, 0.2) is 52.2 Å². The third-order valence-electron chi connectivity index (χ3n) is 5.79. The minimum Gasteiger partial charge on any atom is -0.467 e. The smallest absolute Gasteiger partial charge is 0.232 e. The number of nitrogens with two attached hydrogens (primary N) is 1. The third-order valence-corrected chi connectivity index (χ3v) is 6.75. The van der Waals surface area contributed by atoms with Gasteiger partial charge in [-0.25, -0.2) is 4.39 Å². The molecular formula is C23H26FN9OS. The van der Waals surface area contributed by atoms with Gasteiger partial charge in [-0.2, -0.15) is 15.0 Å². The molecule has 0 saturated carbocycles. The molecule has 12 heteroatoms. The fraction of sp³-hybridized carbons (Fsp3) is 0.348. The van der Waals surface area contributed by atoms with Crippen LogP contribution in [0, 0.1) is 11.7 Å². The van der Waals surface area contributed by atoms with Gasteiger partial charge in [-0.1, -0.05) is 18.7 Å². The summed E-state index contributed by atoms with van der Waals surface area (Å²) in [4.78, 5) is 15.1. The van der Waals surface area contributed by atoms with Crippen LogP contribution in [0.5, 0.6) is 0 Å². The Kier molecular flexibility index (Phi) is 6.80. The number of thioether (sulfide) groups is 1. The van der Waals surface area contributed by atoms with Gasteiger partial charge >= 0.3 is 0 Å². The topological polar surface area (TPSA) is 124 Å². The summed E-state index contributed by atoms with van der Waals surface area (Å²) in [7, 11) is 0. The van der Waals surface area contributed by atoms with Crippen molar-refractivity contribution >= 4 is 35.3 Å². The van der Waals surface area contributed by atoms with Gasteiger partial charge in [0.2, 0.25) is 17.8 Å². The first kappa shape index (κ1) is 23.1. The van der Waals surface area contributed by atoms with Gasteiger partial charge in [0.15, 0.2) is 5.16 Å². The molecule has 182 valence electrons. The van der Waals surface area contributed by atoms with Gasteiger partial charge in [0.1, 0.15) is 17.4 Å². The van der Waals surface area contributed by atoms with Crippen LogP contribution in [0.4, 0.5) is 27.9 Å². The highest BCUT2D eigenvalue weighted by Gasteiger charge is 2.23. The number of halogens is 1. The lowest BCUT2D eigenvalue weighted by Gasteiger charge is -2.31. The van der Waals surface area contributed by atoms with E-state index in [-0.39, 0.29) is 11.8 Å². The Morgan fingerprint density at radius 1 is 1.11 bits per heavy atom. The Labute approximate surface area is 206 Å². The van der Waals surface area contributed by atoms with Crippen molar-refractivity contribution in [1.29, 1.82) is 0 Å². The standard InChI is InChI=1S/C23H26FN9OS/c1-15-8-10-32(11-9-15)22-30-31-23(33(22)13-18-3-2-12-34-18)35-14-19-27-20(25)29-21(28-19)26-17-6-4-16(24)5-7-17/h2-7,12,15H,8-11,13-14H2,1H3,(H3,25,26,27,28,29). The molecule has 35 heavy (non-hydrogen) atoms.